The summed E-state index contributed by atoms with van der Waals surface area (Å²) in [7, 11) is 1.65. The van der Waals surface area contributed by atoms with E-state index >= 15 is 4.39 Å². The number of amides is 1. The van der Waals surface area contributed by atoms with Gasteiger partial charge in [0.25, 0.3) is 5.91 Å². The number of halogens is 3. The van der Waals surface area contributed by atoms with E-state index in [1.165, 1.54) is 40.3 Å². The average Bonchev–Trinajstić information content (AvgIpc) is 3.45. The molecule has 1 fully saturated rings. The van der Waals surface area contributed by atoms with Gasteiger partial charge in [0.05, 0.1) is 46.7 Å². The molecule has 1 saturated carbocycles. The number of pyridine rings is 1. The number of aliphatic hydroxyl groups is 1. The van der Waals surface area contributed by atoms with E-state index in [2.05, 4.69) is 10.1 Å². The molecule has 1 aliphatic carbocycles. The number of hydrogen-bond acceptors (Lipinski definition) is 7. The Hall–Kier alpha value is -3.83. The number of rotatable bonds is 7. The first-order chi connectivity index (χ1) is 19.6. The molecule has 0 unspecified atom stereocenters. The van der Waals surface area contributed by atoms with Crippen molar-refractivity contribution in [1.29, 1.82) is 0 Å². The van der Waals surface area contributed by atoms with Crippen molar-refractivity contribution in [3.05, 3.63) is 110 Å². The van der Waals surface area contributed by atoms with E-state index in [4.69, 9.17) is 27.9 Å². The van der Waals surface area contributed by atoms with Gasteiger partial charge in [-0.2, -0.15) is 5.10 Å². The maximum atomic E-state index is 16.4. The molecule has 6 rings (SSSR count). The molecule has 2 aliphatic rings. The fraction of sp³-hybridized carbons (Fsp3) is 0.241. The first-order valence-electron chi connectivity index (χ1n) is 12.7. The number of aliphatic hydroxyl groups excluding tert-OH is 1. The average molecular weight is 597 g/mol. The number of hydrogen-bond donors (Lipinski definition) is 2. The minimum Gasteiger partial charge on any atom is -0.506 e. The SMILES string of the molecule is Cn1cc(C(=O)c2cc(F)c3c(c2)C(=O)N(Cc2ncc(Cl)cc2O)[C@@]3(O[C@H]2C[C@@H](O)C2)c2ccc(Cl)cc2)cn1. The Bertz CT molecular complexity index is 1690. The van der Waals surface area contributed by atoms with Crippen molar-refractivity contribution in [1.82, 2.24) is 19.7 Å². The van der Waals surface area contributed by atoms with Crippen LogP contribution in [-0.2, 0) is 24.1 Å². The van der Waals surface area contributed by atoms with E-state index < -0.39 is 35.4 Å². The van der Waals surface area contributed by atoms with Crippen molar-refractivity contribution in [2.45, 2.75) is 37.3 Å². The van der Waals surface area contributed by atoms with Crippen LogP contribution in [0.15, 0.2) is 61.1 Å². The number of aromatic nitrogens is 3. The fourth-order valence-electron chi connectivity index (χ4n) is 5.33. The molecule has 4 aromatic rings. The largest absolute Gasteiger partial charge is 0.506 e. The van der Waals surface area contributed by atoms with Crippen molar-refractivity contribution in [2.75, 3.05) is 0 Å². The molecule has 12 heteroatoms. The number of fused-ring (bicyclic) bond motifs is 1. The summed E-state index contributed by atoms with van der Waals surface area (Å²) >= 11 is 12.2. The Balaban J connectivity index is 1.56. The monoisotopic (exact) mass is 596 g/mol. The van der Waals surface area contributed by atoms with Crippen molar-refractivity contribution < 1.29 is 28.9 Å². The predicted octanol–water partition coefficient (Wildman–Crippen LogP) is 4.59. The van der Waals surface area contributed by atoms with Gasteiger partial charge in [-0.3, -0.25) is 24.2 Å². The number of carbonyl (C=O) groups is 2. The van der Waals surface area contributed by atoms with Crippen LogP contribution in [0.25, 0.3) is 0 Å². The second kappa shape index (κ2) is 10.2. The number of aromatic hydroxyl groups is 1. The van der Waals surface area contributed by atoms with Gasteiger partial charge < -0.3 is 14.9 Å². The van der Waals surface area contributed by atoms with Gasteiger partial charge >= 0.3 is 0 Å². The molecule has 2 N–H and O–H groups in total. The summed E-state index contributed by atoms with van der Waals surface area (Å²) < 4.78 is 24.4. The van der Waals surface area contributed by atoms with Crippen molar-refractivity contribution in [3.8, 4) is 5.75 Å². The van der Waals surface area contributed by atoms with Gasteiger partial charge in [-0.05, 0) is 37.1 Å². The Morgan fingerprint density at radius 1 is 1.12 bits per heavy atom. The molecule has 1 aliphatic heterocycles. The maximum Gasteiger partial charge on any atom is 0.257 e. The molecule has 1 atom stereocenters. The fourth-order valence-corrected chi connectivity index (χ4v) is 5.61. The van der Waals surface area contributed by atoms with E-state index in [0.717, 1.165) is 6.07 Å². The van der Waals surface area contributed by atoms with Crippen molar-refractivity contribution in [2.24, 2.45) is 7.05 Å². The zero-order valence-corrected chi connectivity index (χ0v) is 23.1. The minimum absolute atomic E-state index is 0.0408. The lowest BCUT2D eigenvalue weighted by Crippen LogP contribution is -2.51. The lowest BCUT2D eigenvalue weighted by molar-refractivity contribution is -0.191. The van der Waals surface area contributed by atoms with Crippen LogP contribution in [0.4, 0.5) is 4.39 Å². The topological polar surface area (TPSA) is 118 Å². The second-order valence-corrected chi connectivity index (χ2v) is 11.0. The Morgan fingerprint density at radius 2 is 1.85 bits per heavy atom. The van der Waals surface area contributed by atoms with Crippen LogP contribution in [0.5, 0.6) is 5.75 Å². The molecule has 2 aromatic carbocycles. The van der Waals surface area contributed by atoms with E-state index in [1.807, 2.05) is 0 Å². The molecule has 2 aromatic heterocycles. The van der Waals surface area contributed by atoms with Crippen LogP contribution in [0.3, 0.4) is 0 Å². The van der Waals surface area contributed by atoms with E-state index in [1.54, 1.807) is 31.3 Å². The molecule has 0 saturated heterocycles. The number of nitrogens with zero attached hydrogens (tertiary/aromatic N) is 4. The number of ketones is 1. The number of aryl methyl sites for hydroxylation is 1. The normalized spacial score (nSPS) is 21.6. The Kier molecular flexibility index (Phi) is 6.82. The summed E-state index contributed by atoms with van der Waals surface area (Å²) in [6.45, 7) is -0.292. The summed E-state index contributed by atoms with van der Waals surface area (Å²) in [5.41, 5.74) is -1.35. The highest BCUT2D eigenvalue weighted by molar-refractivity contribution is 6.30. The molecule has 9 nitrogen and oxygen atoms in total. The molecule has 0 radical (unpaired) electrons. The molecular weight excluding hydrogens is 574 g/mol. The third-order valence-corrected chi connectivity index (χ3v) is 7.84. The first kappa shape index (κ1) is 27.3. The lowest BCUT2D eigenvalue weighted by atomic mass is 9.87. The Morgan fingerprint density at radius 3 is 2.49 bits per heavy atom. The van der Waals surface area contributed by atoms with Crippen LogP contribution in [-0.4, -0.2) is 53.8 Å². The van der Waals surface area contributed by atoms with Crippen molar-refractivity contribution in [3.63, 3.8) is 0 Å². The van der Waals surface area contributed by atoms with Gasteiger partial charge in [0, 0.05) is 41.7 Å². The third-order valence-electron chi connectivity index (χ3n) is 7.38. The summed E-state index contributed by atoms with van der Waals surface area (Å²) in [6, 6.07) is 10.1. The van der Waals surface area contributed by atoms with Gasteiger partial charge in [-0.1, -0.05) is 35.3 Å². The lowest BCUT2D eigenvalue weighted by Gasteiger charge is -2.45. The molecule has 0 spiro atoms. The van der Waals surface area contributed by atoms with Crippen LogP contribution in [0.1, 0.15) is 55.9 Å². The summed E-state index contributed by atoms with van der Waals surface area (Å²) in [5, 5.41) is 25.2. The molecule has 0 bridgehead atoms. The smallest absolute Gasteiger partial charge is 0.257 e. The van der Waals surface area contributed by atoms with E-state index in [0.29, 0.717) is 10.6 Å². The van der Waals surface area contributed by atoms with Crippen LogP contribution >= 0.6 is 23.2 Å². The van der Waals surface area contributed by atoms with Gasteiger partial charge in [0.2, 0.25) is 5.72 Å². The van der Waals surface area contributed by atoms with E-state index in [-0.39, 0.29) is 58.1 Å². The maximum absolute atomic E-state index is 16.4. The van der Waals surface area contributed by atoms with E-state index in [9.17, 15) is 19.8 Å². The van der Waals surface area contributed by atoms with Crippen LogP contribution < -0.4 is 0 Å². The number of benzene rings is 2. The first-order valence-corrected chi connectivity index (χ1v) is 13.5. The van der Waals surface area contributed by atoms with Gasteiger partial charge in [0.15, 0.2) is 5.78 Å². The molecule has 41 heavy (non-hydrogen) atoms. The number of carbonyl (C=O) groups excluding carboxylic acids is 2. The summed E-state index contributed by atoms with van der Waals surface area (Å²) in [5.74, 6) is -2.26. The van der Waals surface area contributed by atoms with Crippen molar-refractivity contribution >= 4 is 34.9 Å². The third kappa shape index (κ3) is 4.66. The summed E-state index contributed by atoms with van der Waals surface area (Å²) in [4.78, 5) is 32.9. The molecular formula is C29H23Cl2FN4O5. The molecule has 3 heterocycles. The van der Waals surface area contributed by atoms with Crippen LogP contribution in [0.2, 0.25) is 10.0 Å². The Labute approximate surface area is 243 Å². The zero-order chi connectivity index (χ0) is 29.1. The van der Waals surface area contributed by atoms with Gasteiger partial charge in [0.1, 0.15) is 17.3 Å². The molecule has 210 valence electrons. The highest BCUT2D eigenvalue weighted by Gasteiger charge is 2.56. The highest BCUT2D eigenvalue weighted by atomic mass is 35.5. The number of ether oxygens (including phenoxy) is 1. The predicted molar refractivity (Wildman–Crippen MR) is 146 cm³/mol. The van der Waals surface area contributed by atoms with Gasteiger partial charge in [-0.15, -0.1) is 0 Å². The molecule has 1 amide bonds. The standard InChI is InChI=1S/C29H23Cl2FN4O5/c1-35-13-16(11-34-35)27(39)15-6-22-26(23(32)7-15)29(41-21-9-20(37)10-21,17-2-4-18(30)5-3-17)36(28(22)40)14-24-25(38)8-19(31)12-33-24/h2-8,11-13,20-21,37-38H,9-10,14H2,1H3/t20-,21+,29-/m1/s1. The van der Waals surface area contributed by atoms with Crippen LogP contribution in [0, 0.1) is 5.82 Å². The quantitative estimate of drug-likeness (QED) is 0.299. The van der Waals surface area contributed by atoms with Gasteiger partial charge in [-0.25, -0.2) is 4.39 Å². The zero-order valence-electron chi connectivity index (χ0n) is 21.6. The second-order valence-electron chi connectivity index (χ2n) is 10.1. The highest BCUT2D eigenvalue weighted by Crippen LogP contribution is 2.50. The summed E-state index contributed by atoms with van der Waals surface area (Å²) in [6.07, 6.45) is 3.61. The minimum atomic E-state index is -1.84.